The van der Waals surface area contributed by atoms with Gasteiger partial charge in [-0.3, -0.25) is 0 Å². The number of nitrogens with zero attached hydrogens (tertiary/aromatic N) is 1. The summed E-state index contributed by atoms with van der Waals surface area (Å²) in [6.45, 7) is 10.6. The molecule has 0 spiro atoms. The van der Waals surface area contributed by atoms with Crippen molar-refractivity contribution in [1.29, 1.82) is 0 Å². The van der Waals surface area contributed by atoms with Crippen LogP contribution in [0.4, 0.5) is 0 Å². The largest absolute Gasteiger partial charge is 0.445 e. The number of oxazole rings is 1. The maximum absolute atomic E-state index is 5.60. The second kappa shape index (κ2) is 5.91. The third-order valence-corrected chi connectivity index (χ3v) is 2.21. The Balaban J connectivity index is 2.26. The quantitative estimate of drug-likeness (QED) is 0.733. The zero-order valence-corrected chi connectivity index (χ0v) is 10.2. The Morgan fingerprint density at radius 1 is 1.33 bits per heavy atom. The van der Waals surface area contributed by atoms with E-state index in [1.165, 1.54) is 0 Å². The van der Waals surface area contributed by atoms with Gasteiger partial charge >= 0.3 is 0 Å². The van der Waals surface area contributed by atoms with Crippen LogP contribution < -0.4 is 5.32 Å². The summed E-state index contributed by atoms with van der Waals surface area (Å²) >= 11 is 0. The van der Waals surface area contributed by atoms with E-state index in [0.29, 0.717) is 11.8 Å². The maximum atomic E-state index is 5.60. The third kappa shape index (κ3) is 4.47. The zero-order valence-electron chi connectivity index (χ0n) is 10.2. The van der Waals surface area contributed by atoms with Crippen molar-refractivity contribution >= 4 is 0 Å². The van der Waals surface area contributed by atoms with Gasteiger partial charge in [0, 0.05) is 18.9 Å². The third-order valence-electron chi connectivity index (χ3n) is 2.21. The minimum Gasteiger partial charge on any atom is -0.445 e. The van der Waals surface area contributed by atoms with Crippen molar-refractivity contribution in [3.63, 3.8) is 0 Å². The molecule has 0 aliphatic carbocycles. The van der Waals surface area contributed by atoms with Crippen LogP contribution in [0.15, 0.2) is 10.6 Å². The van der Waals surface area contributed by atoms with Gasteiger partial charge in [-0.05, 0) is 12.5 Å². The van der Waals surface area contributed by atoms with Gasteiger partial charge in [0.2, 0.25) is 0 Å². The molecule has 1 aromatic heterocycles. The van der Waals surface area contributed by atoms with E-state index < -0.39 is 0 Å². The summed E-state index contributed by atoms with van der Waals surface area (Å²) in [7, 11) is 0. The molecule has 0 unspecified atom stereocenters. The fourth-order valence-electron chi connectivity index (χ4n) is 1.29. The first-order valence-corrected chi connectivity index (χ1v) is 5.75. The first-order valence-electron chi connectivity index (χ1n) is 5.75. The van der Waals surface area contributed by atoms with Crippen LogP contribution in [0.5, 0.6) is 0 Å². The molecule has 15 heavy (non-hydrogen) atoms. The van der Waals surface area contributed by atoms with Gasteiger partial charge in [-0.25, -0.2) is 4.98 Å². The van der Waals surface area contributed by atoms with Crippen LogP contribution in [0, 0.1) is 5.92 Å². The number of rotatable bonds is 6. The lowest BCUT2D eigenvalue weighted by Gasteiger charge is -2.05. The SMILES string of the molecule is CC(C)CNCCc1ncc(C(C)C)o1. The Labute approximate surface area is 92.3 Å². The lowest BCUT2D eigenvalue weighted by Crippen LogP contribution is -2.22. The van der Waals surface area contributed by atoms with E-state index in [2.05, 4.69) is 38.0 Å². The van der Waals surface area contributed by atoms with Gasteiger partial charge in [-0.2, -0.15) is 0 Å². The van der Waals surface area contributed by atoms with E-state index in [1.54, 1.807) is 0 Å². The minimum absolute atomic E-state index is 0.426. The molecule has 3 nitrogen and oxygen atoms in total. The van der Waals surface area contributed by atoms with E-state index in [4.69, 9.17) is 4.42 Å². The van der Waals surface area contributed by atoms with Crippen molar-refractivity contribution in [3.8, 4) is 0 Å². The van der Waals surface area contributed by atoms with Gasteiger partial charge in [-0.1, -0.05) is 27.7 Å². The fraction of sp³-hybridized carbons (Fsp3) is 0.750. The van der Waals surface area contributed by atoms with Gasteiger partial charge in [0.15, 0.2) is 5.89 Å². The molecule has 0 aliphatic rings. The smallest absolute Gasteiger partial charge is 0.195 e. The number of nitrogens with one attached hydrogen (secondary N) is 1. The summed E-state index contributed by atoms with van der Waals surface area (Å²) in [6, 6.07) is 0. The molecule has 1 rings (SSSR count). The van der Waals surface area contributed by atoms with Crippen LogP contribution >= 0.6 is 0 Å². The van der Waals surface area contributed by atoms with E-state index in [-0.39, 0.29) is 0 Å². The lowest BCUT2D eigenvalue weighted by molar-refractivity contribution is 0.430. The Morgan fingerprint density at radius 2 is 2.07 bits per heavy atom. The molecule has 0 aromatic carbocycles. The summed E-state index contributed by atoms with van der Waals surface area (Å²) in [5, 5.41) is 3.37. The Kier molecular flexibility index (Phi) is 4.82. The number of hydrogen-bond donors (Lipinski definition) is 1. The fourth-order valence-corrected chi connectivity index (χ4v) is 1.29. The first kappa shape index (κ1) is 12.2. The average Bonchev–Trinajstić information content (AvgIpc) is 2.60. The molecule has 0 saturated heterocycles. The summed E-state index contributed by atoms with van der Waals surface area (Å²) in [4.78, 5) is 4.25. The van der Waals surface area contributed by atoms with Crippen molar-refractivity contribution < 1.29 is 4.42 Å². The van der Waals surface area contributed by atoms with Gasteiger partial charge < -0.3 is 9.73 Å². The predicted octanol–water partition coefficient (Wildman–Crippen LogP) is 2.59. The molecule has 0 bridgehead atoms. The highest BCUT2D eigenvalue weighted by Crippen LogP contribution is 2.14. The van der Waals surface area contributed by atoms with Crippen LogP contribution in [0.25, 0.3) is 0 Å². The van der Waals surface area contributed by atoms with Crippen LogP contribution in [0.3, 0.4) is 0 Å². The van der Waals surface area contributed by atoms with Crippen LogP contribution in [0.1, 0.15) is 45.3 Å². The average molecular weight is 210 g/mol. The Bertz CT molecular complexity index is 279. The molecule has 3 heteroatoms. The molecular formula is C12H22N2O. The van der Waals surface area contributed by atoms with E-state index >= 15 is 0 Å². The highest BCUT2D eigenvalue weighted by molar-refractivity contribution is 4.99. The van der Waals surface area contributed by atoms with Crippen LogP contribution in [0.2, 0.25) is 0 Å². The molecular weight excluding hydrogens is 188 g/mol. The van der Waals surface area contributed by atoms with Crippen molar-refractivity contribution in [2.75, 3.05) is 13.1 Å². The molecule has 0 fully saturated rings. The summed E-state index contributed by atoms with van der Waals surface area (Å²) < 4.78 is 5.60. The molecule has 0 radical (unpaired) electrons. The Hall–Kier alpha value is -0.830. The van der Waals surface area contributed by atoms with Gasteiger partial charge in [-0.15, -0.1) is 0 Å². The standard InChI is InChI=1S/C12H22N2O/c1-9(2)7-13-6-5-12-14-8-11(15-12)10(3)4/h8-10,13H,5-7H2,1-4H3. The van der Waals surface area contributed by atoms with Gasteiger partial charge in [0.05, 0.1) is 6.20 Å². The highest BCUT2D eigenvalue weighted by atomic mass is 16.4. The second-order valence-corrected chi connectivity index (χ2v) is 4.66. The molecule has 0 aliphatic heterocycles. The lowest BCUT2D eigenvalue weighted by atomic mass is 10.2. The molecule has 0 amide bonds. The molecule has 1 heterocycles. The monoisotopic (exact) mass is 210 g/mol. The summed E-state index contributed by atoms with van der Waals surface area (Å²) in [5.41, 5.74) is 0. The summed E-state index contributed by atoms with van der Waals surface area (Å²) in [5.74, 6) is 2.94. The molecule has 86 valence electrons. The topological polar surface area (TPSA) is 38.1 Å². The van der Waals surface area contributed by atoms with Gasteiger partial charge in [0.25, 0.3) is 0 Å². The van der Waals surface area contributed by atoms with E-state index in [9.17, 15) is 0 Å². The van der Waals surface area contributed by atoms with Gasteiger partial charge in [0.1, 0.15) is 5.76 Å². The number of aromatic nitrogens is 1. The zero-order chi connectivity index (χ0) is 11.3. The second-order valence-electron chi connectivity index (χ2n) is 4.66. The van der Waals surface area contributed by atoms with Crippen molar-refractivity contribution in [3.05, 3.63) is 17.8 Å². The molecule has 1 N–H and O–H groups in total. The predicted molar refractivity (Wildman–Crippen MR) is 62.0 cm³/mol. The normalized spacial score (nSPS) is 11.6. The Morgan fingerprint density at radius 3 is 2.60 bits per heavy atom. The first-order chi connectivity index (χ1) is 7.09. The highest BCUT2D eigenvalue weighted by Gasteiger charge is 2.06. The van der Waals surface area contributed by atoms with Crippen molar-refractivity contribution in [2.24, 2.45) is 5.92 Å². The number of hydrogen-bond acceptors (Lipinski definition) is 3. The molecule has 1 aromatic rings. The molecule has 0 atom stereocenters. The summed E-state index contributed by atoms with van der Waals surface area (Å²) in [6.07, 6.45) is 2.71. The van der Waals surface area contributed by atoms with E-state index in [1.807, 2.05) is 6.20 Å². The van der Waals surface area contributed by atoms with Crippen LogP contribution in [-0.2, 0) is 6.42 Å². The van der Waals surface area contributed by atoms with Crippen molar-refractivity contribution in [1.82, 2.24) is 10.3 Å². The molecule has 0 saturated carbocycles. The van der Waals surface area contributed by atoms with Crippen LogP contribution in [-0.4, -0.2) is 18.1 Å². The van der Waals surface area contributed by atoms with E-state index in [0.717, 1.165) is 31.2 Å². The minimum atomic E-state index is 0.426. The maximum Gasteiger partial charge on any atom is 0.195 e. The van der Waals surface area contributed by atoms with Crippen molar-refractivity contribution in [2.45, 2.75) is 40.0 Å².